The van der Waals surface area contributed by atoms with E-state index in [0.29, 0.717) is 19.4 Å². The van der Waals surface area contributed by atoms with E-state index >= 15 is 0 Å². The van der Waals surface area contributed by atoms with Crippen molar-refractivity contribution in [1.29, 1.82) is 0 Å². The minimum Gasteiger partial charge on any atom is -0.354 e. The third-order valence-corrected chi connectivity index (χ3v) is 5.05. The Morgan fingerprint density at radius 3 is 2.56 bits per heavy atom. The van der Waals surface area contributed by atoms with Crippen LogP contribution in [0.1, 0.15) is 71.6 Å². The van der Waals surface area contributed by atoms with Crippen LogP contribution in [0.25, 0.3) is 0 Å². The molecule has 1 aliphatic heterocycles. The van der Waals surface area contributed by atoms with Crippen LogP contribution in [0.5, 0.6) is 0 Å². The van der Waals surface area contributed by atoms with Crippen molar-refractivity contribution in [2.45, 2.75) is 77.2 Å². The maximum atomic E-state index is 12.7. The first kappa shape index (κ1) is 19.5. The number of urea groups is 1. The predicted octanol–water partition coefficient (Wildman–Crippen LogP) is 2.88. The van der Waals surface area contributed by atoms with Crippen LogP contribution >= 0.6 is 0 Å². The lowest BCUT2D eigenvalue weighted by atomic mass is 9.88. The van der Waals surface area contributed by atoms with Gasteiger partial charge in [-0.3, -0.25) is 14.5 Å². The van der Waals surface area contributed by atoms with Gasteiger partial charge in [0.2, 0.25) is 5.91 Å². The Morgan fingerprint density at radius 2 is 1.96 bits per heavy atom. The third kappa shape index (κ3) is 4.83. The molecule has 6 heteroatoms. The second-order valence-corrected chi connectivity index (χ2v) is 7.11. The van der Waals surface area contributed by atoms with Gasteiger partial charge in [0.25, 0.3) is 5.91 Å². The van der Waals surface area contributed by atoms with Gasteiger partial charge < -0.3 is 10.6 Å². The maximum absolute atomic E-state index is 12.7. The number of imide groups is 1. The molecule has 1 saturated heterocycles. The van der Waals surface area contributed by atoms with Crippen LogP contribution in [0, 0.1) is 0 Å². The van der Waals surface area contributed by atoms with Crippen molar-refractivity contribution in [3.05, 3.63) is 11.6 Å². The van der Waals surface area contributed by atoms with Crippen LogP contribution in [0.15, 0.2) is 11.6 Å². The summed E-state index contributed by atoms with van der Waals surface area (Å²) < 4.78 is 0. The van der Waals surface area contributed by atoms with E-state index in [0.717, 1.165) is 37.0 Å². The number of rotatable bonds is 9. The van der Waals surface area contributed by atoms with Crippen molar-refractivity contribution in [2.75, 3.05) is 13.1 Å². The Labute approximate surface area is 150 Å². The van der Waals surface area contributed by atoms with Crippen LogP contribution in [0.2, 0.25) is 0 Å². The molecule has 0 aromatic rings. The fraction of sp³-hybridized carbons (Fsp3) is 0.737. The SMILES string of the molecule is CCCC1(CCC)NC(=O)N(CC(=O)NCCC2=CCCCC2)C1=O. The molecule has 1 heterocycles. The highest BCUT2D eigenvalue weighted by Crippen LogP contribution is 2.27. The fourth-order valence-electron chi connectivity index (χ4n) is 3.83. The van der Waals surface area contributed by atoms with Crippen molar-refractivity contribution in [2.24, 2.45) is 0 Å². The molecule has 2 rings (SSSR count). The van der Waals surface area contributed by atoms with Crippen LogP contribution < -0.4 is 10.6 Å². The third-order valence-electron chi connectivity index (χ3n) is 5.05. The average molecular weight is 349 g/mol. The standard InChI is InChI=1S/C19H31N3O3/c1-3-11-19(12-4-2)17(24)22(18(25)21-19)14-16(23)20-13-10-15-8-6-5-7-9-15/h8H,3-7,9-14H2,1-2H3,(H,20,23)(H,21,25). The van der Waals surface area contributed by atoms with Gasteiger partial charge in [0, 0.05) is 6.54 Å². The molecule has 1 aliphatic carbocycles. The number of nitrogens with zero attached hydrogens (tertiary/aromatic N) is 1. The van der Waals surface area contributed by atoms with Gasteiger partial charge in [0.15, 0.2) is 0 Å². The Kier molecular flexibility index (Phi) is 7.02. The summed E-state index contributed by atoms with van der Waals surface area (Å²) in [7, 11) is 0. The van der Waals surface area contributed by atoms with Gasteiger partial charge in [-0.25, -0.2) is 4.79 Å². The molecule has 1 fully saturated rings. The average Bonchev–Trinajstić information content (AvgIpc) is 2.81. The van der Waals surface area contributed by atoms with E-state index < -0.39 is 11.6 Å². The molecule has 25 heavy (non-hydrogen) atoms. The molecule has 0 bridgehead atoms. The molecule has 0 unspecified atom stereocenters. The van der Waals surface area contributed by atoms with Gasteiger partial charge in [-0.1, -0.05) is 38.3 Å². The first-order valence-electron chi connectivity index (χ1n) is 9.61. The van der Waals surface area contributed by atoms with Crippen molar-refractivity contribution >= 4 is 17.8 Å². The Bertz CT molecular complexity index is 536. The van der Waals surface area contributed by atoms with E-state index in [1.54, 1.807) is 0 Å². The predicted molar refractivity (Wildman–Crippen MR) is 97.0 cm³/mol. The zero-order valence-corrected chi connectivity index (χ0v) is 15.5. The monoisotopic (exact) mass is 349 g/mol. The van der Waals surface area contributed by atoms with Crippen molar-refractivity contribution in [3.8, 4) is 0 Å². The smallest absolute Gasteiger partial charge is 0.325 e. The minimum atomic E-state index is -0.826. The van der Waals surface area contributed by atoms with Crippen LogP contribution in [0.4, 0.5) is 4.79 Å². The molecule has 140 valence electrons. The molecule has 2 N–H and O–H groups in total. The van der Waals surface area contributed by atoms with E-state index in [9.17, 15) is 14.4 Å². The summed E-state index contributed by atoms with van der Waals surface area (Å²) in [6.07, 6.45) is 10.6. The number of carbonyl (C=O) groups excluding carboxylic acids is 3. The quantitative estimate of drug-likeness (QED) is 0.496. The second-order valence-electron chi connectivity index (χ2n) is 7.11. The first-order valence-corrected chi connectivity index (χ1v) is 9.61. The van der Waals surface area contributed by atoms with E-state index in [4.69, 9.17) is 0 Å². The Balaban J connectivity index is 1.86. The van der Waals surface area contributed by atoms with E-state index in [1.807, 2.05) is 13.8 Å². The largest absolute Gasteiger partial charge is 0.354 e. The zero-order chi connectivity index (χ0) is 18.3. The van der Waals surface area contributed by atoms with Crippen LogP contribution in [-0.2, 0) is 9.59 Å². The van der Waals surface area contributed by atoms with Crippen molar-refractivity contribution < 1.29 is 14.4 Å². The molecule has 0 saturated carbocycles. The number of allylic oxidation sites excluding steroid dienone is 1. The molecule has 4 amide bonds. The summed E-state index contributed by atoms with van der Waals surface area (Å²) in [5, 5.41) is 5.67. The summed E-state index contributed by atoms with van der Waals surface area (Å²) in [5.74, 6) is -0.532. The van der Waals surface area contributed by atoms with Crippen LogP contribution in [-0.4, -0.2) is 41.4 Å². The van der Waals surface area contributed by atoms with Gasteiger partial charge in [-0.15, -0.1) is 0 Å². The van der Waals surface area contributed by atoms with Gasteiger partial charge >= 0.3 is 6.03 Å². The number of hydrogen-bond acceptors (Lipinski definition) is 3. The summed E-state index contributed by atoms with van der Waals surface area (Å²) in [5.41, 5.74) is 0.569. The lowest BCUT2D eigenvalue weighted by Gasteiger charge is -2.25. The Hall–Kier alpha value is -1.85. The van der Waals surface area contributed by atoms with Crippen molar-refractivity contribution in [3.63, 3.8) is 0 Å². The molecule has 0 atom stereocenters. The van der Waals surface area contributed by atoms with Crippen LogP contribution in [0.3, 0.4) is 0 Å². The summed E-state index contributed by atoms with van der Waals surface area (Å²) in [4.78, 5) is 38.2. The zero-order valence-electron chi connectivity index (χ0n) is 15.5. The summed E-state index contributed by atoms with van der Waals surface area (Å²) >= 11 is 0. The van der Waals surface area contributed by atoms with Gasteiger partial charge in [-0.2, -0.15) is 0 Å². The summed E-state index contributed by atoms with van der Waals surface area (Å²) in [6.45, 7) is 4.35. The van der Waals surface area contributed by atoms with Gasteiger partial charge in [0.1, 0.15) is 12.1 Å². The van der Waals surface area contributed by atoms with E-state index in [1.165, 1.54) is 18.4 Å². The fourth-order valence-corrected chi connectivity index (χ4v) is 3.83. The molecule has 0 radical (unpaired) electrons. The highest BCUT2D eigenvalue weighted by Gasteiger charge is 2.50. The number of carbonyl (C=O) groups is 3. The molecule has 0 aromatic carbocycles. The first-order chi connectivity index (χ1) is 12.0. The van der Waals surface area contributed by atoms with Crippen molar-refractivity contribution in [1.82, 2.24) is 15.5 Å². The highest BCUT2D eigenvalue weighted by molar-refractivity contribution is 6.09. The molecule has 6 nitrogen and oxygen atoms in total. The summed E-state index contributed by atoms with van der Waals surface area (Å²) in [6, 6.07) is -0.447. The second kappa shape index (κ2) is 9.02. The lowest BCUT2D eigenvalue weighted by Crippen LogP contribution is -2.47. The molecule has 0 aromatic heterocycles. The normalized spacial score (nSPS) is 19.6. The number of hydrogen-bond donors (Lipinski definition) is 2. The molecule has 2 aliphatic rings. The van der Waals surface area contributed by atoms with Gasteiger partial charge in [-0.05, 0) is 44.9 Å². The number of nitrogens with one attached hydrogen (secondary N) is 2. The van der Waals surface area contributed by atoms with Gasteiger partial charge in [0.05, 0.1) is 0 Å². The lowest BCUT2D eigenvalue weighted by molar-refractivity contribution is -0.135. The maximum Gasteiger partial charge on any atom is 0.325 e. The van der Waals surface area contributed by atoms with E-state index in [2.05, 4.69) is 16.7 Å². The molecular formula is C19H31N3O3. The number of amides is 4. The molecule has 0 spiro atoms. The highest BCUT2D eigenvalue weighted by atomic mass is 16.2. The van der Waals surface area contributed by atoms with E-state index in [-0.39, 0.29) is 18.4 Å². The minimum absolute atomic E-state index is 0.196. The topological polar surface area (TPSA) is 78.5 Å². The Morgan fingerprint density at radius 1 is 1.24 bits per heavy atom. The molecular weight excluding hydrogens is 318 g/mol.